The zero-order valence-corrected chi connectivity index (χ0v) is 7.09. The first-order valence-electron chi connectivity index (χ1n) is 2.74. The molecule has 1 rings (SSSR count). The molecule has 0 aliphatic heterocycles. The van der Waals surface area contributed by atoms with Crippen molar-refractivity contribution < 1.29 is 9.53 Å². The summed E-state index contributed by atoms with van der Waals surface area (Å²) in [4.78, 5) is 9.59. The summed E-state index contributed by atoms with van der Waals surface area (Å²) in [7, 11) is 1.35. The van der Waals surface area contributed by atoms with Gasteiger partial charge in [0.15, 0.2) is 5.82 Å². The van der Waals surface area contributed by atoms with Crippen LogP contribution in [0.25, 0.3) is 0 Å². The molecule has 0 unspecified atom stereocenters. The highest BCUT2D eigenvalue weighted by molar-refractivity contribution is 7.03. The van der Waals surface area contributed by atoms with E-state index in [0.29, 0.717) is 5.82 Å². The van der Waals surface area contributed by atoms with Crippen LogP contribution in [0, 0.1) is 0 Å². The number of carbonyl (C=O) groups is 1. The molecule has 2 N–H and O–H groups in total. The molecular formula is C5H9N3O2S. The van der Waals surface area contributed by atoms with E-state index in [1.165, 1.54) is 25.6 Å². The van der Waals surface area contributed by atoms with Gasteiger partial charge in [0.05, 0.1) is 12.5 Å². The molecule has 6 heteroatoms. The molecular weight excluding hydrogens is 166 g/mol. The molecule has 5 nitrogen and oxygen atoms in total. The smallest absolute Gasteiger partial charge is 0.302 e. The Morgan fingerprint density at radius 2 is 2.36 bits per heavy atom. The number of methoxy groups -OCH3 is 1. The molecule has 0 aliphatic rings. The predicted octanol–water partition coefficient (Wildman–Crippen LogP) is 0.300. The molecule has 0 spiro atoms. The number of rotatable bonds is 0. The van der Waals surface area contributed by atoms with E-state index in [4.69, 9.17) is 5.73 Å². The Labute approximate surface area is 68.3 Å². The molecule has 0 bridgehead atoms. The van der Waals surface area contributed by atoms with Crippen molar-refractivity contribution in [3.05, 3.63) is 5.38 Å². The lowest BCUT2D eigenvalue weighted by molar-refractivity contribution is -0.137. The largest absolute Gasteiger partial charge is 0.469 e. The van der Waals surface area contributed by atoms with E-state index >= 15 is 0 Å². The highest BCUT2D eigenvalue weighted by atomic mass is 32.1. The minimum absolute atomic E-state index is 0.245. The second-order valence-electron chi connectivity index (χ2n) is 1.53. The average Bonchev–Trinajstić information content (AvgIpc) is 2.41. The van der Waals surface area contributed by atoms with Gasteiger partial charge in [0, 0.05) is 6.92 Å². The molecule has 1 aromatic heterocycles. The van der Waals surface area contributed by atoms with Crippen molar-refractivity contribution in [2.24, 2.45) is 0 Å². The number of hydrogen-bond acceptors (Lipinski definition) is 6. The van der Waals surface area contributed by atoms with Crippen LogP contribution in [0.15, 0.2) is 5.38 Å². The number of nitrogens with two attached hydrogens (primary N) is 1. The third-order valence-corrected chi connectivity index (χ3v) is 1.19. The zero-order valence-electron chi connectivity index (χ0n) is 6.27. The maximum absolute atomic E-state index is 9.59. The van der Waals surface area contributed by atoms with Gasteiger partial charge < -0.3 is 10.5 Å². The normalized spacial score (nSPS) is 7.82. The van der Waals surface area contributed by atoms with E-state index in [1.54, 1.807) is 5.38 Å². The van der Waals surface area contributed by atoms with Gasteiger partial charge in [-0.2, -0.15) is 0 Å². The maximum atomic E-state index is 9.59. The second kappa shape index (κ2) is 5.60. The van der Waals surface area contributed by atoms with Gasteiger partial charge in [-0.1, -0.05) is 4.49 Å². The van der Waals surface area contributed by atoms with Crippen LogP contribution in [-0.2, 0) is 9.53 Å². The fraction of sp³-hybridized carbons (Fsp3) is 0.400. The number of esters is 1. The van der Waals surface area contributed by atoms with Crippen LogP contribution < -0.4 is 5.73 Å². The third kappa shape index (κ3) is 6.72. The number of carbonyl (C=O) groups excluding carboxylic acids is 1. The number of nitrogens with zero attached hydrogens (tertiary/aromatic N) is 2. The lowest BCUT2D eigenvalue weighted by Crippen LogP contribution is -1.88. The SMILES string of the molecule is COC(C)=O.Nc1csnn1. The lowest BCUT2D eigenvalue weighted by atomic mass is 10.8. The highest BCUT2D eigenvalue weighted by Gasteiger charge is 1.78. The van der Waals surface area contributed by atoms with Crippen LogP contribution in [-0.4, -0.2) is 22.7 Å². The topological polar surface area (TPSA) is 78.1 Å². The van der Waals surface area contributed by atoms with Gasteiger partial charge >= 0.3 is 5.97 Å². The van der Waals surface area contributed by atoms with Crippen molar-refractivity contribution in [2.45, 2.75) is 6.92 Å². The highest BCUT2D eigenvalue weighted by Crippen LogP contribution is 1.94. The summed E-state index contributed by atoms with van der Waals surface area (Å²) in [5.41, 5.74) is 5.11. The number of hydrogen-bond donors (Lipinski definition) is 1. The van der Waals surface area contributed by atoms with Crippen LogP contribution in [0.4, 0.5) is 5.82 Å². The first kappa shape index (κ1) is 9.83. The van der Waals surface area contributed by atoms with Crippen molar-refractivity contribution in [3.63, 3.8) is 0 Å². The van der Waals surface area contributed by atoms with E-state index in [2.05, 4.69) is 14.3 Å². The predicted molar refractivity (Wildman–Crippen MR) is 42.0 cm³/mol. The van der Waals surface area contributed by atoms with Crippen LogP contribution in [0.1, 0.15) is 6.92 Å². The molecule has 0 amide bonds. The summed E-state index contributed by atoms with van der Waals surface area (Å²) in [6.45, 7) is 1.36. The monoisotopic (exact) mass is 175 g/mol. The number of aromatic nitrogens is 2. The Morgan fingerprint density at radius 1 is 1.82 bits per heavy atom. The number of ether oxygens (including phenoxy) is 1. The first-order chi connectivity index (χ1) is 5.16. The van der Waals surface area contributed by atoms with Gasteiger partial charge in [-0.3, -0.25) is 4.79 Å². The minimum Gasteiger partial charge on any atom is -0.469 e. The van der Waals surface area contributed by atoms with Crippen LogP contribution in [0.2, 0.25) is 0 Å². The van der Waals surface area contributed by atoms with Crippen molar-refractivity contribution in [2.75, 3.05) is 12.8 Å². The minimum atomic E-state index is -0.245. The Hall–Kier alpha value is -1.17. The zero-order chi connectivity index (χ0) is 8.69. The average molecular weight is 175 g/mol. The van der Waals surface area contributed by atoms with Crippen molar-refractivity contribution in [1.29, 1.82) is 0 Å². The van der Waals surface area contributed by atoms with E-state index in [0.717, 1.165) is 0 Å². The summed E-state index contributed by atoms with van der Waals surface area (Å²) in [5, 5.41) is 5.14. The molecule has 0 aromatic carbocycles. The van der Waals surface area contributed by atoms with Gasteiger partial charge in [-0.15, -0.1) is 5.10 Å². The summed E-state index contributed by atoms with van der Waals surface area (Å²) in [5.74, 6) is 0.255. The van der Waals surface area contributed by atoms with Crippen LogP contribution in [0.3, 0.4) is 0 Å². The van der Waals surface area contributed by atoms with Gasteiger partial charge in [0.1, 0.15) is 0 Å². The van der Waals surface area contributed by atoms with Gasteiger partial charge in [0.2, 0.25) is 0 Å². The fourth-order valence-corrected chi connectivity index (χ4v) is 0.516. The Balaban J connectivity index is 0.000000187. The second-order valence-corrected chi connectivity index (χ2v) is 2.14. The summed E-state index contributed by atoms with van der Waals surface area (Å²) >= 11 is 1.25. The fourth-order valence-electron chi connectivity index (χ4n) is 0.172. The molecule has 1 aromatic rings. The van der Waals surface area contributed by atoms with Crippen molar-refractivity contribution >= 4 is 23.3 Å². The quantitative estimate of drug-likeness (QED) is 0.574. The molecule has 0 aliphatic carbocycles. The van der Waals surface area contributed by atoms with Crippen LogP contribution >= 0.6 is 11.5 Å². The van der Waals surface area contributed by atoms with Gasteiger partial charge in [0.25, 0.3) is 0 Å². The molecule has 0 saturated carbocycles. The molecule has 0 atom stereocenters. The van der Waals surface area contributed by atoms with E-state index < -0.39 is 0 Å². The first-order valence-corrected chi connectivity index (χ1v) is 3.57. The number of nitrogen functional groups attached to an aromatic ring is 1. The van der Waals surface area contributed by atoms with Crippen LogP contribution in [0.5, 0.6) is 0 Å². The molecule has 11 heavy (non-hydrogen) atoms. The van der Waals surface area contributed by atoms with E-state index in [-0.39, 0.29) is 5.97 Å². The Morgan fingerprint density at radius 3 is 2.45 bits per heavy atom. The third-order valence-electron chi connectivity index (χ3n) is 0.664. The summed E-state index contributed by atoms with van der Waals surface area (Å²) < 4.78 is 7.60. The summed E-state index contributed by atoms with van der Waals surface area (Å²) in [6, 6.07) is 0. The lowest BCUT2D eigenvalue weighted by Gasteiger charge is -1.80. The van der Waals surface area contributed by atoms with E-state index in [1.807, 2.05) is 0 Å². The van der Waals surface area contributed by atoms with Gasteiger partial charge in [-0.05, 0) is 11.5 Å². The van der Waals surface area contributed by atoms with Crippen molar-refractivity contribution in [1.82, 2.24) is 9.59 Å². The molecule has 62 valence electrons. The standard InChI is InChI=1S/C3H6O2.C2H3N3S/c1-3(4)5-2;3-2-1-6-5-4-2/h1-2H3;1H,3H2. The number of anilines is 1. The van der Waals surface area contributed by atoms with E-state index in [9.17, 15) is 4.79 Å². The molecule has 0 saturated heterocycles. The van der Waals surface area contributed by atoms with Gasteiger partial charge in [-0.25, -0.2) is 0 Å². The molecule has 1 heterocycles. The molecule has 0 fully saturated rings. The maximum Gasteiger partial charge on any atom is 0.302 e. The molecule has 0 radical (unpaired) electrons. The summed E-state index contributed by atoms with van der Waals surface area (Å²) in [6.07, 6.45) is 0. The Kier molecular flexibility index (Phi) is 5.01. The Bertz CT molecular complexity index is 200. The van der Waals surface area contributed by atoms with Crippen molar-refractivity contribution in [3.8, 4) is 0 Å².